The zero-order valence-corrected chi connectivity index (χ0v) is 13.3. The first-order valence-corrected chi connectivity index (χ1v) is 8.41. The normalized spacial score (nSPS) is 21.1. The Bertz CT molecular complexity index is 1060. The second kappa shape index (κ2) is 4.85. The van der Waals surface area contributed by atoms with Crippen molar-refractivity contribution in [1.82, 2.24) is 9.97 Å². The zero-order valence-electron chi connectivity index (χ0n) is 13.3. The van der Waals surface area contributed by atoms with E-state index >= 15 is 0 Å². The molecular formula is C21H14N2O2. The summed E-state index contributed by atoms with van der Waals surface area (Å²) in [7, 11) is 0. The SMILES string of the molecule is c1cnc2c3c(ccc2c1)[C@@H]1OCO[C@H]1c1ccc2cccnc2c1-3. The first-order chi connectivity index (χ1) is 12.4. The summed E-state index contributed by atoms with van der Waals surface area (Å²) < 4.78 is 11.9. The number of hydrogen-bond acceptors (Lipinski definition) is 4. The second-order valence-corrected chi connectivity index (χ2v) is 6.50. The van der Waals surface area contributed by atoms with Crippen molar-refractivity contribution in [3.8, 4) is 11.1 Å². The maximum atomic E-state index is 5.93. The van der Waals surface area contributed by atoms with E-state index in [0.717, 1.165) is 44.1 Å². The van der Waals surface area contributed by atoms with Gasteiger partial charge in [-0.05, 0) is 23.3 Å². The summed E-state index contributed by atoms with van der Waals surface area (Å²) in [6, 6.07) is 16.7. The molecule has 2 aromatic carbocycles. The molecule has 2 aromatic heterocycles. The Morgan fingerprint density at radius 3 is 1.72 bits per heavy atom. The summed E-state index contributed by atoms with van der Waals surface area (Å²) in [6.45, 7) is 0.314. The molecule has 4 nitrogen and oxygen atoms in total. The smallest absolute Gasteiger partial charge is 0.148 e. The van der Waals surface area contributed by atoms with Crippen LogP contribution in [0.1, 0.15) is 23.3 Å². The van der Waals surface area contributed by atoms with E-state index in [1.54, 1.807) is 0 Å². The monoisotopic (exact) mass is 326 g/mol. The Kier molecular flexibility index (Phi) is 2.61. The lowest BCUT2D eigenvalue weighted by Gasteiger charge is -2.29. The topological polar surface area (TPSA) is 44.2 Å². The van der Waals surface area contributed by atoms with Crippen LogP contribution in [0.3, 0.4) is 0 Å². The summed E-state index contributed by atoms with van der Waals surface area (Å²) in [4.78, 5) is 9.38. The summed E-state index contributed by atoms with van der Waals surface area (Å²) >= 11 is 0. The van der Waals surface area contributed by atoms with Crippen molar-refractivity contribution in [2.45, 2.75) is 12.2 Å². The van der Waals surface area contributed by atoms with Crippen molar-refractivity contribution in [3.05, 3.63) is 72.1 Å². The van der Waals surface area contributed by atoms with Crippen LogP contribution in [0, 0.1) is 0 Å². The third-order valence-corrected chi connectivity index (χ3v) is 5.25. The van der Waals surface area contributed by atoms with E-state index in [9.17, 15) is 0 Å². The fourth-order valence-corrected chi connectivity index (χ4v) is 4.19. The zero-order chi connectivity index (χ0) is 16.4. The van der Waals surface area contributed by atoms with Crippen LogP contribution in [0.15, 0.2) is 60.9 Å². The molecule has 4 heteroatoms. The van der Waals surface area contributed by atoms with Gasteiger partial charge in [0.15, 0.2) is 0 Å². The van der Waals surface area contributed by atoms with Gasteiger partial charge in [-0.3, -0.25) is 9.97 Å². The van der Waals surface area contributed by atoms with E-state index in [2.05, 4.69) is 36.4 Å². The maximum absolute atomic E-state index is 5.93. The average Bonchev–Trinajstić information content (AvgIpc) is 3.17. The first-order valence-electron chi connectivity index (χ1n) is 8.41. The molecule has 0 N–H and O–H groups in total. The molecule has 3 heterocycles. The van der Waals surface area contributed by atoms with Crippen molar-refractivity contribution in [3.63, 3.8) is 0 Å². The molecule has 0 radical (unpaired) electrons. The minimum Gasteiger partial charge on any atom is -0.344 e. The molecule has 1 fully saturated rings. The van der Waals surface area contributed by atoms with E-state index in [4.69, 9.17) is 19.4 Å². The molecule has 1 saturated heterocycles. The van der Waals surface area contributed by atoms with Crippen LogP contribution in [0.25, 0.3) is 32.9 Å². The van der Waals surface area contributed by atoms with E-state index in [1.165, 1.54) is 0 Å². The number of benzene rings is 2. The van der Waals surface area contributed by atoms with Crippen molar-refractivity contribution < 1.29 is 9.47 Å². The molecule has 6 rings (SSSR count). The molecule has 4 aromatic rings. The fraction of sp³-hybridized carbons (Fsp3) is 0.143. The number of rotatable bonds is 0. The largest absolute Gasteiger partial charge is 0.344 e. The molecule has 1 aliphatic carbocycles. The van der Waals surface area contributed by atoms with Gasteiger partial charge < -0.3 is 9.47 Å². The number of pyridine rings is 2. The highest BCUT2D eigenvalue weighted by Gasteiger charge is 2.41. The summed E-state index contributed by atoms with van der Waals surface area (Å²) in [5.41, 5.74) is 6.52. The Hall–Kier alpha value is -2.82. The van der Waals surface area contributed by atoms with Crippen molar-refractivity contribution >= 4 is 21.8 Å². The minimum absolute atomic E-state index is 0.0879. The van der Waals surface area contributed by atoms with Gasteiger partial charge in [-0.15, -0.1) is 0 Å². The molecule has 0 unspecified atom stereocenters. The Labute approximate surface area is 144 Å². The highest BCUT2D eigenvalue weighted by atomic mass is 16.7. The molecule has 25 heavy (non-hydrogen) atoms. The third-order valence-electron chi connectivity index (χ3n) is 5.25. The molecule has 2 atom stereocenters. The molecular weight excluding hydrogens is 312 g/mol. The summed E-state index contributed by atoms with van der Waals surface area (Å²) in [5.74, 6) is 0. The van der Waals surface area contributed by atoms with Gasteiger partial charge >= 0.3 is 0 Å². The van der Waals surface area contributed by atoms with E-state index in [-0.39, 0.29) is 12.2 Å². The predicted molar refractivity (Wildman–Crippen MR) is 95.0 cm³/mol. The van der Waals surface area contributed by atoms with Crippen LogP contribution in [0.4, 0.5) is 0 Å². The molecule has 1 aliphatic heterocycles. The first kappa shape index (κ1) is 13.5. The van der Waals surface area contributed by atoms with Gasteiger partial charge in [0.05, 0.1) is 11.0 Å². The van der Waals surface area contributed by atoms with Gasteiger partial charge in [-0.2, -0.15) is 0 Å². The number of fused-ring (bicyclic) bond motifs is 10. The van der Waals surface area contributed by atoms with Gasteiger partial charge in [-0.25, -0.2) is 0 Å². The highest BCUT2D eigenvalue weighted by Crippen LogP contribution is 2.53. The molecule has 0 saturated carbocycles. The van der Waals surface area contributed by atoms with Crippen LogP contribution < -0.4 is 0 Å². The molecule has 2 aliphatic rings. The van der Waals surface area contributed by atoms with E-state index in [0.29, 0.717) is 6.79 Å². The Morgan fingerprint density at radius 2 is 1.20 bits per heavy atom. The molecule has 120 valence electrons. The molecule has 0 spiro atoms. The number of ether oxygens (including phenoxy) is 2. The number of aromatic nitrogens is 2. The maximum Gasteiger partial charge on any atom is 0.148 e. The minimum atomic E-state index is -0.0879. The average molecular weight is 326 g/mol. The van der Waals surface area contributed by atoms with Crippen LogP contribution in [0.5, 0.6) is 0 Å². The van der Waals surface area contributed by atoms with Crippen LogP contribution in [-0.2, 0) is 9.47 Å². The predicted octanol–water partition coefficient (Wildman–Crippen LogP) is 4.55. The molecule has 0 bridgehead atoms. The van der Waals surface area contributed by atoms with Gasteiger partial charge in [0.1, 0.15) is 19.0 Å². The van der Waals surface area contributed by atoms with Gasteiger partial charge in [0.25, 0.3) is 0 Å². The standard InChI is InChI=1S/C21H14N2O2/c1-3-12-5-7-14-16(18(12)22-9-1)17-15(21-20(14)24-11-25-21)8-6-13-4-2-10-23-19(13)17/h1-10,20-21H,11H2/t20-,21-/m0/s1. The van der Waals surface area contributed by atoms with Crippen molar-refractivity contribution in [2.75, 3.05) is 6.79 Å². The van der Waals surface area contributed by atoms with E-state index in [1.807, 2.05) is 24.5 Å². The Morgan fingerprint density at radius 1 is 0.680 bits per heavy atom. The number of hydrogen-bond donors (Lipinski definition) is 0. The second-order valence-electron chi connectivity index (χ2n) is 6.50. The summed E-state index contributed by atoms with van der Waals surface area (Å²) in [5, 5.41) is 2.25. The quantitative estimate of drug-likeness (QED) is 0.475. The van der Waals surface area contributed by atoms with Crippen molar-refractivity contribution in [1.29, 1.82) is 0 Å². The lowest BCUT2D eigenvalue weighted by atomic mass is 9.79. The van der Waals surface area contributed by atoms with Gasteiger partial charge in [-0.1, -0.05) is 36.4 Å². The number of nitrogens with zero attached hydrogens (tertiary/aromatic N) is 2. The molecule has 0 amide bonds. The van der Waals surface area contributed by atoms with Gasteiger partial charge in [0, 0.05) is 34.3 Å². The highest BCUT2D eigenvalue weighted by molar-refractivity contribution is 6.06. The van der Waals surface area contributed by atoms with Crippen LogP contribution in [-0.4, -0.2) is 16.8 Å². The van der Waals surface area contributed by atoms with Crippen LogP contribution in [0.2, 0.25) is 0 Å². The third kappa shape index (κ3) is 1.73. The van der Waals surface area contributed by atoms with Gasteiger partial charge in [0.2, 0.25) is 0 Å². The fourth-order valence-electron chi connectivity index (χ4n) is 4.19. The lowest BCUT2D eigenvalue weighted by molar-refractivity contribution is 0.0388. The summed E-state index contributed by atoms with van der Waals surface area (Å²) in [6.07, 6.45) is 3.52. The Balaban J connectivity index is 1.84. The lowest BCUT2D eigenvalue weighted by Crippen LogP contribution is -2.16. The van der Waals surface area contributed by atoms with Crippen LogP contribution >= 0.6 is 0 Å². The van der Waals surface area contributed by atoms with E-state index < -0.39 is 0 Å². The van der Waals surface area contributed by atoms with Crippen molar-refractivity contribution in [2.24, 2.45) is 0 Å².